The van der Waals surface area contributed by atoms with Crippen LogP contribution in [0.5, 0.6) is 11.6 Å². The fraction of sp³-hybridized carbons (Fsp3) is 0. The topological polar surface area (TPSA) is 35.0 Å². The molecule has 1 heterocycles. The third-order valence-corrected chi connectivity index (χ3v) is 3.64. The molecule has 5 heteroatoms. The van der Waals surface area contributed by atoms with Gasteiger partial charge in [0.15, 0.2) is 0 Å². The van der Waals surface area contributed by atoms with E-state index in [0.29, 0.717) is 5.88 Å². The van der Waals surface area contributed by atoms with Crippen LogP contribution in [0.1, 0.15) is 0 Å². The average Bonchev–Trinajstić information content (AvgIpc) is 2.41. The van der Waals surface area contributed by atoms with Crippen molar-refractivity contribution in [1.82, 2.24) is 9.97 Å². The highest BCUT2D eigenvalue weighted by Gasteiger charge is 2.09. The number of aromatic nitrogens is 2. The van der Waals surface area contributed by atoms with Gasteiger partial charge in [-0.3, -0.25) is 0 Å². The van der Waals surface area contributed by atoms with E-state index < -0.39 is 0 Å². The van der Waals surface area contributed by atoms with E-state index in [-0.39, 0.29) is 5.28 Å². The van der Waals surface area contributed by atoms with Gasteiger partial charge in [-0.25, -0.2) is 4.98 Å². The molecule has 0 bridgehead atoms. The average molecular weight is 383 g/mol. The zero-order valence-electron chi connectivity index (χ0n) is 9.68. The first-order chi connectivity index (χ1) is 9.24. The van der Waals surface area contributed by atoms with Crippen LogP contribution in [0, 0.1) is 3.57 Å². The maximum absolute atomic E-state index is 5.93. The van der Waals surface area contributed by atoms with Crippen molar-refractivity contribution in [3.05, 3.63) is 57.4 Å². The van der Waals surface area contributed by atoms with E-state index in [1.165, 1.54) is 0 Å². The van der Waals surface area contributed by atoms with Crippen LogP contribution in [0.3, 0.4) is 0 Å². The Morgan fingerprint density at radius 2 is 1.68 bits per heavy atom. The van der Waals surface area contributed by atoms with Crippen molar-refractivity contribution in [3.8, 4) is 11.6 Å². The van der Waals surface area contributed by atoms with Crippen LogP contribution in [0.4, 0.5) is 0 Å². The van der Waals surface area contributed by atoms with Crippen LogP contribution in [-0.2, 0) is 0 Å². The number of fused-ring (bicyclic) bond motifs is 1. The van der Waals surface area contributed by atoms with Gasteiger partial charge in [-0.15, -0.1) is 0 Å². The minimum atomic E-state index is 0.180. The van der Waals surface area contributed by atoms with Gasteiger partial charge in [0.1, 0.15) is 5.75 Å². The molecule has 2 aromatic carbocycles. The van der Waals surface area contributed by atoms with Gasteiger partial charge in [-0.2, -0.15) is 4.98 Å². The molecule has 0 aliphatic rings. The molecule has 19 heavy (non-hydrogen) atoms. The highest BCUT2D eigenvalue weighted by Crippen LogP contribution is 2.30. The predicted octanol–water partition coefficient (Wildman–Crippen LogP) is 4.68. The van der Waals surface area contributed by atoms with E-state index in [9.17, 15) is 0 Å². The molecular formula is C14H8ClIN2O. The molecule has 0 aliphatic heterocycles. The van der Waals surface area contributed by atoms with Gasteiger partial charge in [-0.05, 0) is 58.5 Å². The third-order valence-electron chi connectivity index (χ3n) is 2.58. The number of nitrogens with zero attached hydrogens (tertiary/aromatic N) is 2. The zero-order chi connectivity index (χ0) is 13.2. The Kier molecular flexibility index (Phi) is 3.52. The van der Waals surface area contributed by atoms with E-state index >= 15 is 0 Å². The molecule has 0 saturated heterocycles. The Morgan fingerprint density at radius 3 is 2.53 bits per heavy atom. The fourth-order valence-corrected chi connectivity index (χ4v) is 2.40. The molecule has 0 spiro atoms. The van der Waals surface area contributed by atoms with Crippen molar-refractivity contribution < 1.29 is 4.74 Å². The zero-order valence-corrected chi connectivity index (χ0v) is 12.6. The van der Waals surface area contributed by atoms with Crippen molar-refractivity contribution in [3.63, 3.8) is 0 Å². The molecule has 3 rings (SSSR count). The summed E-state index contributed by atoms with van der Waals surface area (Å²) in [5.74, 6) is 1.22. The molecule has 0 aliphatic carbocycles. The lowest BCUT2D eigenvalue weighted by Crippen LogP contribution is -1.94. The van der Waals surface area contributed by atoms with Crippen LogP contribution in [0.25, 0.3) is 10.9 Å². The molecule has 0 unspecified atom stereocenters. The molecule has 1 aromatic heterocycles. The minimum absolute atomic E-state index is 0.180. The number of para-hydroxylation sites is 2. The van der Waals surface area contributed by atoms with E-state index in [4.69, 9.17) is 16.3 Å². The third kappa shape index (κ3) is 2.64. The Hall–Kier alpha value is -1.40. The Labute approximate surface area is 128 Å². The summed E-state index contributed by atoms with van der Waals surface area (Å²) in [4.78, 5) is 8.34. The van der Waals surface area contributed by atoms with E-state index in [2.05, 4.69) is 32.6 Å². The van der Waals surface area contributed by atoms with Crippen LogP contribution in [0.15, 0.2) is 48.5 Å². The lowest BCUT2D eigenvalue weighted by atomic mass is 10.2. The van der Waals surface area contributed by atoms with Gasteiger partial charge >= 0.3 is 0 Å². The molecule has 3 nitrogen and oxygen atoms in total. The Morgan fingerprint density at radius 1 is 0.947 bits per heavy atom. The van der Waals surface area contributed by atoms with Crippen molar-refractivity contribution in [1.29, 1.82) is 0 Å². The summed E-state index contributed by atoms with van der Waals surface area (Å²) >= 11 is 8.14. The fourth-order valence-electron chi connectivity index (χ4n) is 1.73. The minimum Gasteiger partial charge on any atom is -0.437 e. The number of benzene rings is 2. The Bertz CT molecular complexity index is 748. The highest BCUT2D eigenvalue weighted by molar-refractivity contribution is 14.1. The summed E-state index contributed by atoms with van der Waals surface area (Å²) in [7, 11) is 0. The number of halogens is 2. The van der Waals surface area contributed by atoms with E-state index in [1.54, 1.807) is 0 Å². The number of ether oxygens (including phenoxy) is 1. The van der Waals surface area contributed by atoms with Gasteiger partial charge in [0.25, 0.3) is 0 Å². The van der Waals surface area contributed by atoms with Crippen LogP contribution >= 0.6 is 34.2 Å². The molecule has 0 N–H and O–H groups in total. The van der Waals surface area contributed by atoms with Gasteiger partial charge in [-0.1, -0.05) is 24.3 Å². The highest BCUT2D eigenvalue weighted by atomic mass is 127. The molecule has 0 atom stereocenters. The second-order valence-electron chi connectivity index (χ2n) is 3.85. The molecule has 0 amide bonds. The van der Waals surface area contributed by atoms with Crippen molar-refractivity contribution in [2.75, 3.05) is 0 Å². The second-order valence-corrected chi connectivity index (χ2v) is 5.35. The summed E-state index contributed by atoms with van der Waals surface area (Å²) in [6, 6.07) is 15.4. The first kappa shape index (κ1) is 12.6. The van der Waals surface area contributed by atoms with Gasteiger partial charge < -0.3 is 4.74 Å². The van der Waals surface area contributed by atoms with E-state index in [1.807, 2.05) is 48.5 Å². The maximum Gasteiger partial charge on any atom is 0.231 e. The summed E-state index contributed by atoms with van der Waals surface area (Å²) < 4.78 is 6.87. The van der Waals surface area contributed by atoms with Gasteiger partial charge in [0, 0.05) is 0 Å². The molecule has 0 fully saturated rings. The number of rotatable bonds is 2. The largest absolute Gasteiger partial charge is 0.437 e. The van der Waals surface area contributed by atoms with Crippen molar-refractivity contribution >= 4 is 45.1 Å². The normalized spacial score (nSPS) is 10.6. The summed E-state index contributed by atoms with van der Waals surface area (Å²) in [6.45, 7) is 0. The van der Waals surface area contributed by atoms with Crippen LogP contribution in [0.2, 0.25) is 5.28 Å². The van der Waals surface area contributed by atoms with Gasteiger partial charge in [0.05, 0.1) is 14.5 Å². The van der Waals surface area contributed by atoms with Crippen molar-refractivity contribution in [2.24, 2.45) is 0 Å². The van der Waals surface area contributed by atoms with Crippen LogP contribution < -0.4 is 4.74 Å². The monoisotopic (exact) mass is 382 g/mol. The Balaban J connectivity index is 2.13. The smallest absolute Gasteiger partial charge is 0.231 e. The predicted molar refractivity (Wildman–Crippen MR) is 83.8 cm³/mol. The lowest BCUT2D eigenvalue weighted by Gasteiger charge is -2.09. The molecule has 3 aromatic rings. The van der Waals surface area contributed by atoms with Crippen LogP contribution in [-0.4, -0.2) is 9.97 Å². The quantitative estimate of drug-likeness (QED) is 0.477. The van der Waals surface area contributed by atoms with Crippen molar-refractivity contribution in [2.45, 2.75) is 0 Å². The molecule has 94 valence electrons. The second kappa shape index (κ2) is 5.30. The molecular weight excluding hydrogens is 375 g/mol. The molecule has 0 radical (unpaired) electrons. The van der Waals surface area contributed by atoms with E-state index in [0.717, 1.165) is 20.2 Å². The summed E-state index contributed by atoms with van der Waals surface area (Å²) in [5.41, 5.74) is 0.767. The first-order valence-corrected chi connectivity index (χ1v) is 7.04. The summed E-state index contributed by atoms with van der Waals surface area (Å²) in [6.07, 6.45) is 0. The SMILES string of the molecule is Clc1nc(Oc2ccccc2I)c2ccccc2n1. The lowest BCUT2D eigenvalue weighted by molar-refractivity contribution is 0.465. The summed E-state index contributed by atoms with van der Waals surface area (Å²) in [5, 5.41) is 1.02. The number of hydrogen-bond donors (Lipinski definition) is 0. The maximum atomic E-state index is 5.93. The molecule has 0 saturated carbocycles. The number of hydrogen-bond acceptors (Lipinski definition) is 3. The standard InChI is InChI=1S/C14H8ClIN2O/c15-14-17-11-7-3-1-5-9(11)13(18-14)19-12-8-4-2-6-10(12)16/h1-8H. The first-order valence-electron chi connectivity index (χ1n) is 5.59. The van der Waals surface area contributed by atoms with Gasteiger partial charge in [0.2, 0.25) is 11.2 Å².